The molecule has 1 aromatic heterocycles. The molecule has 2 aromatic rings. The predicted octanol–water partition coefficient (Wildman–Crippen LogP) is 8.77. The molecule has 47 heavy (non-hydrogen) atoms. The Hall–Kier alpha value is -2.98. The topological polar surface area (TPSA) is 101 Å². The Kier molecular flexibility index (Phi) is 7.64. The summed E-state index contributed by atoms with van der Waals surface area (Å²) in [6.45, 7) is 19.6. The molecule has 5 aliphatic rings. The summed E-state index contributed by atoms with van der Waals surface area (Å²) >= 11 is 0. The zero-order valence-electron chi connectivity index (χ0n) is 29.4. The van der Waals surface area contributed by atoms with Gasteiger partial charge in [-0.15, -0.1) is 5.10 Å². The van der Waals surface area contributed by atoms with Gasteiger partial charge in [0, 0.05) is 0 Å². The lowest BCUT2D eigenvalue weighted by molar-refractivity contribution is -0.252. The molecule has 5 aliphatic carbocycles. The average molecular weight is 639 g/mol. The smallest absolute Gasteiger partial charge is 0.309 e. The summed E-state index contributed by atoms with van der Waals surface area (Å²) in [5.74, 6) is 1.62. The van der Waals surface area contributed by atoms with E-state index in [-0.39, 0.29) is 33.7 Å². The highest BCUT2D eigenvalue weighted by Crippen LogP contribution is 2.77. The van der Waals surface area contributed by atoms with Gasteiger partial charge in [-0.25, -0.2) is 4.68 Å². The Morgan fingerprint density at radius 3 is 2.49 bits per heavy atom. The van der Waals surface area contributed by atoms with Gasteiger partial charge in [0.15, 0.2) is 0 Å². The first-order valence-corrected chi connectivity index (χ1v) is 18.1. The van der Waals surface area contributed by atoms with E-state index in [1.54, 1.807) is 10.7 Å². The van der Waals surface area contributed by atoms with Crippen LogP contribution in [0.1, 0.15) is 117 Å². The molecule has 0 saturated heterocycles. The van der Waals surface area contributed by atoms with Crippen LogP contribution in [-0.2, 0) is 16.1 Å². The van der Waals surface area contributed by atoms with Crippen LogP contribution in [0.5, 0.6) is 0 Å². The van der Waals surface area contributed by atoms with Crippen molar-refractivity contribution in [3.63, 3.8) is 0 Å². The summed E-state index contributed by atoms with van der Waals surface area (Å²) in [5.41, 5.74) is 3.26. The van der Waals surface area contributed by atoms with E-state index in [0.29, 0.717) is 35.8 Å². The van der Waals surface area contributed by atoms with E-state index in [2.05, 4.69) is 64.5 Å². The molecule has 7 nitrogen and oxygen atoms in total. The average Bonchev–Trinajstić information content (AvgIpc) is 3.67. The SMILES string of the molecule is C=C(C)[C@@H]1CC[C@]2(C(=O)O)CC[C@]3(C)C(CCC4[C@@]5(C)CC[C@H](OCc6cn(-c7ccccc7C#N)nn6)C(C)(C)C5CC[C@]43C)C12. The number of para-hydroxylation sites is 1. The summed E-state index contributed by atoms with van der Waals surface area (Å²) < 4.78 is 8.40. The standard InChI is InChI=1S/C40H54N4O3/c1-25(2)28-14-19-40(35(45)46)21-20-38(6)29(34(28)40)12-13-32-37(5)17-16-33(36(3,4)31(37)15-18-39(32,38)7)47-24-27-23-44(43-42-27)30-11-9-8-10-26(30)22-41/h8-11,23,28-29,31-34H,1,12-21,24H2,2-7H3,(H,45,46)/t28-,29?,31?,32?,33-,34?,37-,38+,39+,40-/m0/s1. The van der Waals surface area contributed by atoms with E-state index in [1.165, 1.54) is 24.8 Å². The zero-order chi connectivity index (χ0) is 33.6. The van der Waals surface area contributed by atoms with Crippen molar-refractivity contribution in [1.82, 2.24) is 15.0 Å². The Balaban J connectivity index is 1.11. The molecule has 1 heterocycles. The minimum Gasteiger partial charge on any atom is -0.481 e. The highest BCUT2D eigenvalue weighted by atomic mass is 16.5. The number of hydrogen-bond acceptors (Lipinski definition) is 5. The molecule has 1 N–H and O–H groups in total. The Labute approximate surface area is 281 Å². The van der Waals surface area contributed by atoms with Crippen LogP contribution in [0.4, 0.5) is 0 Å². The zero-order valence-corrected chi connectivity index (χ0v) is 29.4. The fourth-order valence-electron chi connectivity index (χ4n) is 13.2. The number of fused-ring (bicyclic) bond motifs is 7. The van der Waals surface area contributed by atoms with Gasteiger partial charge in [-0.2, -0.15) is 5.26 Å². The van der Waals surface area contributed by atoms with Crippen molar-refractivity contribution in [1.29, 1.82) is 5.26 Å². The Morgan fingerprint density at radius 2 is 1.77 bits per heavy atom. The Morgan fingerprint density at radius 1 is 1.00 bits per heavy atom. The van der Waals surface area contributed by atoms with Gasteiger partial charge in [0.1, 0.15) is 11.8 Å². The number of ether oxygens (including phenoxy) is 1. The molecule has 1 aromatic carbocycles. The number of carboxylic acid groups (broad SMARTS) is 1. The van der Waals surface area contributed by atoms with Gasteiger partial charge in [-0.05, 0) is 135 Å². The number of nitrogens with zero attached hydrogens (tertiary/aromatic N) is 4. The fraction of sp³-hybridized carbons (Fsp3) is 0.700. The summed E-state index contributed by atoms with van der Waals surface area (Å²) in [7, 11) is 0. The monoisotopic (exact) mass is 638 g/mol. The number of aromatic nitrogens is 3. The van der Waals surface area contributed by atoms with Crippen LogP contribution in [0.2, 0.25) is 0 Å². The van der Waals surface area contributed by atoms with E-state index in [4.69, 9.17) is 4.74 Å². The van der Waals surface area contributed by atoms with Crippen LogP contribution in [-0.4, -0.2) is 32.2 Å². The molecule has 7 heteroatoms. The van der Waals surface area contributed by atoms with E-state index in [0.717, 1.165) is 56.3 Å². The van der Waals surface area contributed by atoms with E-state index < -0.39 is 11.4 Å². The van der Waals surface area contributed by atoms with Crippen LogP contribution >= 0.6 is 0 Å². The van der Waals surface area contributed by atoms with Crippen molar-refractivity contribution in [3.8, 4) is 11.8 Å². The first-order chi connectivity index (χ1) is 22.2. The Bertz CT molecular complexity index is 1620. The lowest BCUT2D eigenvalue weighted by Gasteiger charge is -2.72. The molecule has 7 rings (SSSR count). The number of allylic oxidation sites excluding steroid dienone is 1. The second-order valence-electron chi connectivity index (χ2n) is 17.6. The second kappa shape index (κ2) is 11.0. The first-order valence-electron chi connectivity index (χ1n) is 18.1. The second-order valence-corrected chi connectivity index (χ2v) is 17.6. The van der Waals surface area contributed by atoms with Crippen LogP contribution < -0.4 is 0 Å². The number of nitriles is 1. The molecule has 10 atom stereocenters. The molecule has 0 radical (unpaired) electrons. The normalized spacial score (nSPS) is 41.9. The first kappa shape index (κ1) is 32.6. The number of hydrogen-bond donors (Lipinski definition) is 1. The number of aliphatic carboxylic acids is 1. The van der Waals surface area contributed by atoms with E-state index in [1.807, 2.05) is 24.4 Å². The molecule has 4 unspecified atom stereocenters. The molecular formula is C40H54N4O3. The maximum Gasteiger partial charge on any atom is 0.309 e. The molecule has 0 amide bonds. The quantitative estimate of drug-likeness (QED) is 0.318. The number of carboxylic acids is 1. The molecule has 0 aliphatic heterocycles. The lowest BCUT2D eigenvalue weighted by atomic mass is 9.32. The molecule has 0 bridgehead atoms. The summed E-state index contributed by atoms with van der Waals surface area (Å²) in [6, 6.07) is 9.68. The van der Waals surface area contributed by atoms with Crippen LogP contribution in [0, 0.1) is 68.0 Å². The third kappa shape index (κ3) is 4.49. The summed E-state index contributed by atoms with van der Waals surface area (Å²) in [4.78, 5) is 13.0. The van der Waals surface area contributed by atoms with Crippen molar-refractivity contribution in [3.05, 3.63) is 53.9 Å². The summed E-state index contributed by atoms with van der Waals surface area (Å²) in [6.07, 6.45) is 12.6. The minimum atomic E-state index is -0.569. The van der Waals surface area contributed by atoms with Crippen molar-refractivity contribution in [2.75, 3.05) is 0 Å². The van der Waals surface area contributed by atoms with Gasteiger partial charge in [-0.1, -0.05) is 64.1 Å². The van der Waals surface area contributed by atoms with Gasteiger partial charge < -0.3 is 9.84 Å². The van der Waals surface area contributed by atoms with E-state index in [9.17, 15) is 15.2 Å². The van der Waals surface area contributed by atoms with Crippen molar-refractivity contribution >= 4 is 5.97 Å². The number of carbonyl (C=O) groups is 1. The van der Waals surface area contributed by atoms with Crippen molar-refractivity contribution in [2.24, 2.45) is 56.7 Å². The number of benzene rings is 1. The largest absolute Gasteiger partial charge is 0.481 e. The lowest BCUT2D eigenvalue weighted by Crippen LogP contribution is -2.67. The maximum absolute atomic E-state index is 13.0. The van der Waals surface area contributed by atoms with Crippen LogP contribution in [0.15, 0.2) is 42.6 Å². The molecule has 5 fully saturated rings. The van der Waals surface area contributed by atoms with E-state index >= 15 is 0 Å². The molecular weight excluding hydrogens is 584 g/mol. The highest BCUT2D eigenvalue weighted by molar-refractivity contribution is 5.76. The third-order valence-corrected chi connectivity index (χ3v) is 15.7. The van der Waals surface area contributed by atoms with Crippen molar-refractivity contribution < 1.29 is 14.6 Å². The van der Waals surface area contributed by atoms with Gasteiger partial charge in [0.05, 0.1) is 35.6 Å². The van der Waals surface area contributed by atoms with Crippen molar-refractivity contribution in [2.45, 2.75) is 118 Å². The van der Waals surface area contributed by atoms with Gasteiger partial charge >= 0.3 is 5.97 Å². The van der Waals surface area contributed by atoms with Gasteiger partial charge in [0.25, 0.3) is 0 Å². The predicted molar refractivity (Wildman–Crippen MR) is 181 cm³/mol. The highest BCUT2D eigenvalue weighted by Gasteiger charge is 2.72. The van der Waals surface area contributed by atoms with Gasteiger partial charge in [0.2, 0.25) is 0 Å². The third-order valence-electron chi connectivity index (χ3n) is 15.7. The fourth-order valence-corrected chi connectivity index (χ4v) is 13.2. The maximum atomic E-state index is 13.0. The minimum absolute atomic E-state index is 0.0109. The molecule has 5 saturated carbocycles. The summed E-state index contributed by atoms with van der Waals surface area (Å²) in [5, 5.41) is 28.9. The molecule has 0 spiro atoms. The van der Waals surface area contributed by atoms with Crippen LogP contribution in [0.25, 0.3) is 5.69 Å². The van der Waals surface area contributed by atoms with Gasteiger partial charge in [-0.3, -0.25) is 4.79 Å². The van der Waals surface area contributed by atoms with Crippen LogP contribution in [0.3, 0.4) is 0 Å². The number of rotatable bonds is 6. The molecule has 252 valence electrons.